The minimum absolute atomic E-state index is 0.216. The first-order valence-electron chi connectivity index (χ1n) is 10.2. The molecule has 2 amide bonds. The number of hydrogen-bond acceptors (Lipinski definition) is 5. The van der Waals surface area contributed by atoms with Crippen molar-refractivity contribution in [2.75, 3.05) is 36.1 Å². The SMILES string of the molecule is COc1ccc(Cl)cc1NC(=O)N1CCC2(C1)Nc1cccnc1NC2=NC(C)(C)C. The summed E-state index contributed by atoms with van der Waals surface area (Å²) >= 11 is 6.10. The molecule has 1 fully saturated rings. The lowest BCUT2D eigenvalue weighted by molar-refractivity contribution is 0.221. The van der Waals surface area contributed by atoms with Gasteiger partial charge in [0.15, 0.2) is 5.82 Å². The zero-order chi connectivity index (χ0) is 22.2. The number of likely N-dealkylation sites (tertiary alicyclic amines) is 1. The molecule has 0 radical (unpaired) electrons. The standard InChI is InChI=1S/C22H27ClN6O2/c1-21(2,3)28-19-22(27-15-6-5-10-24-18(15)26-19)9-11-29(13-22)20(30)25-16-12-14(23)7-8-17(16)31-4/h5-8,10,12,27H,9,11,13H2,1-4H3,(H,25,30)(H,24,26,28). The molecule has 164 valence electrons. The van der Waals surface area contributed by atoms with Gasteiger partial charge in [0, 0.05) is 17.8 Å². The predicted molar refractivity (Wildman–Crippen MR) is 125 cm³/mol. The average molecular weight is 443 g/mol. The molecule has 1 saturated heterocycles. The second-order valence-corrected chi connectivity index (χ2v) is 9.25. The molecule has 1 aromatic carbocycles. The van der Waals surface area contributed by atoms with Gasteiger partial charge in [-0.2, -0.15) is 0 Å². The number of halogens is 1. The Balaban J connectivity index is 1.60. The number of methoxy groups -OCH3 is 1. The normalized spacial score (nSPS) is 21.5. The largest absolute Gasteiger partial charge is 0.495 e. The number of hydrogen-bond donors (Lipinski definition) is 3. The third-order valence-electron chi connectivity index (χ3n) is 5.28. The highest BCUT2D eigenvalue weighted by molar-refractivity contribution is 6.31. The molecular weight excluding hydrogens is 416 g/mol. The summed E-state index contributed by atoms with van der Waals surface area (Å²) in [6, 6.07) is 8.78. The van der Waals surface area contributed by atoms with Gasteiger partial charge in [0.2, 0.25) is 0 Å². The summed E-state index contributed by atoms with van der Waals surface area (Å²) in [6.45, 7) is 7.18. The van der Waals surface area contributed by atoms with Gasteiger partial charge in [-0.15, -0.1) is 0 Å². The van der Waals surface area contributed by atoms with Crippen LogP contribution in [0, 0.1) is 0 Å². The van der Waals surface area contributed by atoms with E-state index in [0.29, 0.717) is 36.0 Å². The minimum atomic E-state index is -0.515. The number of aliphatic imine (C=N–C) groups is 1. The van der Waals surface area contributed by atoms with E-state index in [2.05, 4.69) is 20.9 Å². The molecule has 3 N–H and O–H groups in total. The van der Waals surface area contributed by atoms with Crippen LogP contribution in [-0.2, 0) is 0 Å². The van der Waals surface area contributed by atoms with Crippen molar-refractivity contribution < 1.29 is 9.53 Å². The number of urea groups is 1. The van der Waals surface area contributed by atoms with Crippen molar-refractivity contribution in [1.29, 1.82) is 0 Å². The van der Waals surface area contributed by atoms with Gasteiger partial charge in [0.05, 0.1) is 30.6 Å². The smallest absolute Gasteiger partial charge is 0.322 e. The number of anilines is 3. The fraction of sp³-hybridized carbons (Fsp3) is 0.409. The van der Waals surface area contributed by atoms with E-state index in [1.54, 1.807) is 36.4 Å². The van der Waals surface area contributed by atoms with Crippen LogP contribution in [0.1, 0.15) is 27.2 Å². The molecule has 2 aliphatic heterocycles. The fourth-order valence-corrected chi connectivity index (χ4v) is 4.05. The Hall–Kier alpha value is -3.00. The number of nitrogens with zero attached hydrogens (tertiary/aromatic N) is 3. The molecule has 31 heavy (non-hydrogen) atoms. The first kappa shape index (κ1) is 21.2. The maximum absolute atomic E-state index is 13.1. The molecule has 0 aliphatic carbocycles. The highest BCUT2D eigenvalue weighted by Gasteiger charge is 2.47. The molecule has 1 spiro atoms. The second-order valence-electron chi connectivity index (χ2n) is 8.81. The Morgan fingerprint density at radius 2 is 2.16 bits per heavy atom. The Bertz CT molecular complexity index is 1030. The van der Waals surface area contributed by atoms with E-state index < -0.39 is 5.54 Å². The average Bonchev–Trinajstić information content (AvgIpc) is 3.13. The summed E-state index contributed by atoms with van der Waals surface area (Å²) in [7, 11) is 1.56. The van der Waals surface area contributed by atoms with Crippen molar-refractivity contribution in [3.63, 3.8) is 0 Å². The van der Waals surface area contributed by atoms with Crippen LogP contribution in [0.3, 0.4) is 0 Å². The van der Waals surface area contributed by atoms with Crippen LogP contribution in [0.15, 0.2) is 41.5 Å². The van der Waals surface area contributed by atoms with Crippen LogP contribution in [0.5, 0.6) is 5.75 Å². The lowest BCUT2D eigenvalue weighted by Crippen LogP contribution is -2.55. The number of ether oxygens (including phenoxy) is 1. The van der Waals surface area contributed by atoms with E-state index in [0.717, 1.165) is 17.3 Å². The van der Waals surface area contributed by atoms with Crippen LogP contribution >= 0.6 is 11.6 Å². The first-order chi connectivity index (χ1) is 14.7. The van der Waals surface area contributed by atoms with Crippen LogP contribution in [0.2, 0.25) is 5.02 Å². The van der Waals surface area contributed by atoms with Crippen LogP contribution in [0.25, 0.3) is 0 Å². The number of fused-ring (bicyclic) bond motifs is 1. The van der Waals surface area contributed by atoms with E-state index in [9.17, 15) is 4.79 Å². The Labute approximate surface area is 187 Å². The van der Waals surface area contributed by atoms with Crippen molar-refractivity contribution in [3.05, 3.63) is 41.6 Å². The van der Waals surface area contributed by atoms with Crippen molar-refractivity contribution in [1.82, 2.24) is 9.88 Å². The maximum atomic E-state index is 13.1. The highest BCUT2D eigenvalue weighted by atomic mass is 35.5. The van der Waals surface area contributed by atoms with E-state index >= 15 is 0 Å². The summed E-state index contributed by atoms with van der Waals surface area (Å²) in [5.41, 5.74) is 0.634. The Kier molecular flexibility index (Phi) is 5.43. The van der Waals surface area contributed by atoms with Crippen LogP contribution in [-0.4, -0.2) is 53.0 Å². The second kappa shape index (κ2) is 7.92. The van der Waals surface area contributed by atoms with Crippen molar-refractivity contribution in [3.8, 4) is 5.75 Å². The highest BCUT2D eigenvalue weighted by Crippen LogP contribution is 2.36. The number of aromatic nitrogens is 1. The topological polar surface area (TPSA) is 90.9 Å². The Morgan fingerprint density at radius 3 is 2.90 bits per heavy atom. The Morgan fingerprint density at radius 1 is 1.35 bits per heavy atom. The zero-order valence-corrected chi connectivity index (χ0v) is 18.9. The lowest BCUT2D eigenvalue weighted by atomic mass is 9.93. The van der Waals surface area contributed by atoms with Gasteiger partial charge < -0.3 is 25.6 Å². The molecule has 2 aliphatic rings. The number of amides is 2. The summed E-state index contributed by atoms with van der Waals surface area (Å²) in [5, 5.41) is 10.5. The van der Waals surface area contributed by atoms with Gasteiger partial charge in [-0.05, 0) is 57.5 Å². The number of rotatable bonds is 2. The predicted octanol–water partition coefficient (Wildman–Crippen LogP) is 4.45. The molecule has 4 rings (SSSR count). The summed E-state index contributed by atoms with van der Waals surface area (Å²) in [4.78, 5) is 24.2. The van der Waals surface area contributed by atoms with Crippen molar-refractivity contribution in [2.45, 2.75) is 38.3 Å². The molecule has 0 bridgehead atoms. The number of nitrogens with one attached hydrogen (secondary N) is 3. The van der Waals surface area contributed by atoms with E-state index in [-0.39, 0.29) is 11.6 Å². The van der Waals surface area contributed by atoms with Crippen molar-refractivity contribution in [2.24, 2.45) is 4.99 Å². The van der Waals surface area contributed by atoms with Gasteiger partial charge in [0.1, 0.15) is 17.1 Å². The fourth-order valence-electron chi connectivity index (χ4n) is 3.88. The van der Waals surface area contributed by atoms with Crippen LogP contribution < -0.4 is 20.7 Å². The quantitative estimate of drug-likeness (QED) is 0.639. The third kappa shape index (κ3) is 4.39. The monoisotopic (exact) mass is 442 g/mol. The molecule has 8 nitrogen and oxygen atoms in total. The molecule has 9 heteroatoms. The molecule has 0 saturated carbocycles. The van der Waals surface area contributed by atoms with Crippen molar-refractivity contribution >= 4 is 40.7 Å². The molecule has 1 aromatic heterocycles. The summed E-state index contributed by atoms with van der Waals surface area (Å²) in [5.74, 6) is 2.09. The molecular formula is C22H27ClN6O2. The van der Waals surface area contributed by atoms with E-state index in [1.807, 2.05) is 32.9 Å². The minimum Gasteiger partial charge on any atom is -0.495 e. The number of carbonyl (C=O) groups excluding carboxylic acids is 1. The van der Waals surface area contributed by atoms with E-state index in [1.165, 1.54) is 0 Å². The van der Waals surface area contributed by atoms with Gasteiger partial charge in [0.25, 0.3) is 0 Å². The zero-order valence-electron chi connectivity index (χ0n) is 18.1. The van der Waals surface area contributed by atoms with Gasteiger partial charge >= 0.3 is 6.03 Å². The third-order valence-corrected chi connectivity index (χ3v) is 5.51. The van der Waals surface area contributed by atoms with Gasteiger partial charge in [-0.25, -0.2) is 9.78 Å². The number of pyridine rings is 1. The lowest BCUT2D eigenvalue weighted by Gasteiger charge is -2.39. The molecule has 1 unspecified atom stereocenters. The summed E-state index contributed by atoms with van der Waals surface area (Å²) in [6.07, 6.45) is 2.45. The number of carbonyl (C=O) groups is 1. The number of benzene rings is 1. The number of amidine groups is 1. The molecule has 3 heterocycles. The van der Waals surface area contributed by atoms with Gasteiger partial charge in [-0.3, -0.25) is 4.99 Å². The van der Waals surface area contributed by atoms with Gasteiger partial charge in [-0.1, -0.05) is 11.6 Å². The maximum Gasteiger partial charge on any atom is 0.322 e. The molecule has 1 atom stereocenters. The van der Waals surface area contributed by atoms with E-state index in [4.69, 9.17) is 21.3 Å². The first-order valence-corrected chi connectivity index (χ1v) is 10.6. The van der Waals surface area contributed by atoms with Crippen LogP contribution in [0.4, 0.5) is 22.0 Å². The molecule has 2 aromatic rings. The summed E-state index contributed by atoms with van der Waals surface area (Å²) < 4.78 is 5.34.